The minimum atomic E-state index is -4.12. The van der Waals surface area contributed by atoms with Crippen molar-refractivity contribution in [1.29, 1.82) is 0 Å². The molecule has 1 atom stereocenters. The zero-order chi connectivity index (χ0) is 31.8. The Hall–Kier alpha value is -4.43. The van der Waals surface area contributed by atoms with E-state index in [1.165, 1.54) is 0 Å². The van der Waals surface area contributed by atoms with E-state index in [1.807, 2.05) is 68.4 Å². The van der Waals surface area contributed by atoms with Crippen LogP contribution in [0.5, 0.6) is 0 Å². The zero-order valence-electron chi connectivity index (χ0n) is 25.9. The van der Waals surface area contributed by atoms with Crippen LogP contribution in [0.2, 0.25) is 0 Å². The summed E-state index contributed by atoms with van der Waals surface area (Å²) in [5, 5.41) is 3.22. The SMILES string of the molecule is Cc1ccc(S(=O)(=O)N(CC(=O)N(Cc2ccccc2C)[C@@H](Cc2ccccc2)C(=O)NC2CCCC2)c2ccccc2)cc1. The van der Waals surface area contributed by atoms with E-state index in [-0.39, 0.29) is 23.4 Å². The van der Waals surface area contributed by atoms with Crippen molar-refractivity contribution in [3.8, 4) is 0 Å². The highest BCUT2D eigenvalue weighted by Gasteiger charge is 2.35. The Bertz CT molecular complexity index is 1690. The minimum absolute atomic E-state index is 0.0638. The van der Waals surface area contributed by atoms with E-state index >= 15 is 0 Å². The molecule has 8 heteroatoms. The molecule has 1 saturated carbocycles. The Morgan fingerprint density at radius 3 is 2.04 bits per heavy atom. The average Bonchev–Trinajstić information content (AvgIpc) is 3.56. The van der Waals surface area contributed by atoms with E-state index in [1.54, 1.807) is 59.5 Å². The molecule has 234 valence electrons. The first-order valence-corrected chi connectivity index (χ1v) is 17.0. The lowest BCUT2D eigenvalue weighted by Gasteiger charge is -2.34. The second-order valence-electron chi connectivity index (χ2n) is 11.8. The van der Waals surface area contributed by atoms with Crippen LogP contribution in [0.25, 0.3) is 0 Å². The van der Waals surface area contributed by atoms with E-state index < -0.39 is 28.5 Å². The molecule has 0 radical (unpaired) electrons. The van der Waals surface area contributed by atoms with Gasteiger partial charge in [0.2, 0.25) is 11.8 Å². The molecule has 0 unspecified atom stereocenters. The summed E-state index contributed by atoms with van der Waals surface area (Å²) in [6.07, 6.45) is 4.23. The highest BCUT2D eigenvalue weighted by Crippen LogP contribution is 2.26. The Morgan fingerprint density at radius 2 is 1.40 bits per heavy atom. The van der Waals surface area contributed by atoms with Crippen LogP contribution < -0.4 is 9.62 Å². The molecule has 0 aromatic heterocycles. The maximum absolute atomic E-state index is 14.6. The number of aryl methyl sites for hydroxylation is 2. The third kappa shape index (κ3) is 8.00. The number of hydrogen-bond acceptors (Lipinski definition) is 4. The summed E-state index contributed by atoms with van der Waals surface area (Å²) >= 11 is 0. The molecule has 7 nitrogen and oxygen atoms in total. The molecule has 1 aliphatic carbocycles. The molecule has 2 amide bonds. The van der Waals surface area contributed by atoms with Crippen molar-refractivity contribution in [3.63, 3.8) is 0 Å². The topological polar surface area (TPSA) is 86.8 Å². The lowest BCUT2D eigenvalue weighted by Crippen LogP contribution is -2.54. The van der Waals surface area contributed by atoms with Crippen molar-refractivity contribution in [2.45, 2.75) is 69.5 Å². The number of nitrogens with one attached hydrogen (secondary N) is 1. The number of rotatable bonds is 12. The van der Waals surface area contributed by atoms with Crippen molar-refractivity contribution < 1.29 is 18.0 Å². The van der Waals surface area contributed by atoms with Crippen molar-refractivity contribution in [2.24, 2.45) is 0 Å². The Morgan fingerprint density at radius 1 is 0.800 bits per heavy atom. The first-order chi connectivity index (χ1) is 21.7. The fraction of sp³-hybridized carbons (Fsp3) is 0.297. The van der Waals surface area contributed by atoms with Crippen LogP contribution in [-0.4, -0.2) is 43.8 Å². The molecule has 0 bridgehead atoms. The fourth-order valence-corrected chi connectivity index (χ4v) is 7.27. The van der Waals surface area contributed by atoms with Gasteiger partial charge in [0.05, 0.1) is 10.6 Å². The third-order valence-electron chi connectivity index (χ3n) is 8.51. The first-order valence-electron chi connectivity index (χ1n) is 15.5. The van der Waals surface area contributed by atoms with Gasteiger partial charge in [-0.1, -0.05) is 103 Å². The maximum Gasteiger partial charge on any atom is 0.264 e. The number of carbonyl (C=O) groups is 2. The molecule has 0 heterocycles. The molecule has 4 aromatic rings. The number of carbonyl (C=O) groups excluding carboxylic acids is 2. The largest absolute Gasteiger partial charge is 0.352 e. The predicted molar refractivity (Wildman–Crippen MR) is 178 cm³/mol. The first kappa shape index (κ1) is 32.0. The van der Waals surface area contributed by atoms with Gasteiger partial charge in [0.1, 0.15) is 12.6 Å². The van der Waals surface area contributed by atoms with Crippen LogP contribution >= 0.6 is 0 Å². The van der Waals surface area contributed by atoms with Gasteiger partial charge >= 0.3 is 0 Å². The molecule has 4 aromatic carbocycles. The van der Waals surface area contributed by atoms with E-state index in [2.05, 4.69) is 5.32 Å². The molecule has 5 rings (SSSR count). The summed E-state index contributed by atoms with van der Waals surface area (Å²) in [7, 11) is -4.12. The maximum atomic E-state index is 14.6. The molecule has 45 heavy (non-hydrogen) atoms. The monoisotopic (exact) mass is 623 g/mol. The molecule has 0 aliphatic heterocycles. The Labute approximate surface area is 266 Å². The van der Waals surface area contributed by atoms with Gasteiger partial charge in [-0.05, 0) is 67.6 Å². The van der Waals surface area contributed by atoms with Gasteiger partial charge in [0.15, 0.2) is 0 Å². The van der Waals surface area contributed by atoms with E-state index in [0.29, 0.717) is 12.1 Å². The number of para-hydroxylation sites is 1. The molecule has 1 fully saturated rings. The van der Waals surface area contributed by atoms with E-state index in [4.69, 9.17) is 0 Å². The fourth-order valence-electron chi connectivity index (χ4n) is 5.85. The molecular weight excluding hydrogens is 582 g/mol. The van der Waals surface area contributed by atoms with Crippen LogP contribution in [0.4, 0.5) is 5.69 Å². The number of nitrogens with zero attached hydrogens (tertiary/aromatic N) is 2. The van der Waals surface area contributed by atoms with Crippen LogP contribution in [-0.2, 0) is 32.6 Å². The number of amides is 2. The standard InChI is InChI=1S/C37H41N3O4S/c1-28-21-23-34(24-22-28)45(43,44)40(33-19-7-4-8-20-33)27-36(41)39(26-31-16-10-9-13-29(31)2)35(25-30-14-5-3-6-15-30)37(42)38-32-17-11-12-18-32/h3-10,13-16,19-24,32,35H,11-12,17-18,25-27H2,1-2H3,(H,38,42)/t35-/m0/s1. The highest BCUT2D eigenvalue weighted by atomic mass is 32.2. The Balaban J connectivity index is 1.56. The average molecular weight is 624 g/mol. The summed E-state index contributed by atoms with van der Waals surface area (Å²) in [6, 6.07) is 31.9. The van der Waals surface area contributed by atoms with Gasteiger partial charge in [-0.25, -0.2) is 8.42 Å². The van der Waals surface area contributed by atoms with Crippen LogP contribution in [0.1, 0.15) is 47.9 Å². The molecule has 1 N–H and O–H groups in total. The van der Waals surface area contributed by atoms with Crippen molar-refractivity contribution in [1.82, 2.24) is 10.2 Å². The number of anilines is 1. The Kier molecular flexibility index (Phi) is 10.4. The van der Waals surface area contributed by atoms with E-state index in [9.17, 15) is 18.0 Å². The van der Waals surface area contributed by atoms with E-state index in [0.717, 1.165) is 52.2 Å². The summed E-state index contributed by atoms with van der Waals surface area (Å²) in [5.41, 5.74) is 4.09. The normalized spacial score (nSPS) is 14.1. The quantitative estimate of drug-likeness (QED) is 0.204. The van der Waals surface area contributed by atoms with Gasteiger partial charge < -0.3 is 10.2 Å². The minimum Gasteiger partial charge on any atom is -0.352 e. The number of sulfonamides is 1. The summed E-state index contributed by atoms with van der Waals surface area (Å²) in [4.78, 5) is 30.3. The van der Waals surface area contributed by atoms with Crippen molar-refractivity contribution in [3.05, 3.63) is 131 Å². The van der Waals surface area contributed by atoms with Gasteiger partial charge in [-0.2, -0.15) is 0 Å². The molecular formula is C37H41N3O4S. The van der Waals surface area contributed by atoms with Gasteiger partial charge in [0.25, 0.3) is 10.0 Å². The van der Waals surface area contributed by atoms with Crippen LogP contribution in [0, 0.1) is 13.8 Å². The lowest BCUT2D eigenvalue weighted by atomic mass is 10.0. The number of hydrogen-bond donors (Lipinski definition) is 1. The lowest BCUT2D eigenvalue weighted by molar-refractivity contribution is -0.140. The second kappa shape index (κ2) is 14.6. The van der Waals surface area contributed by atoms with Gasteiger partial charge in [-0.3, -0.25) is 13.9 Å². The summed E-state index contributed by atoms with van der Waals surface area (Å²) in [6.45, 7) is 3.56. The molecule has 1 aliphatic rings. The predicted octanol–water partition coefficient (Wildman–Crippen LogP) is 6.20. The zero-order valence-corrected chi connectivity index (χ0v) is 26.7. The third-order valence-corrected chi connectivity index (χ3v) is 10.3. The number of benzene rings is 4. The van der Waals surface area contributed by atoms with Crippen molar-refractivity contribution >= 4 is 27.5 Å². The molecule has 0 spiro atoms. The van der Waals surface area contributed by atoms with Gasteiger partial charge in [0, 0.05) is 19.0 Å². The van der Waals surface area contributed by atoms with Gasteiger partial charge in [-0.15, -0.1) is 0 Å². The molecule has 0 saturated heterocycles. The van der Waals surface area contributed by atoms with Crippen molar-refractivity contribution in [2.75, 3.05) is 10.8 Å². The smallest absolute Gasteiger partial charge is 0.264 e. The highest BCUT2D eigenvalue weighted by molar-refractivity contribution is 7.92. The van der Waals surface area contributed by atoms with Crippen LogP contribution in [0.15, 0.2) is 114 Å². The summed E-state index contributed by atoms with van der Waals surface area (Å²) in [5.74, 6) is -0.680. The summed E-state index contributed by atoms with van der Waals surface area (Å²) < 4.78 is 29.4. The second-order valence-corrected chi connectivity index (χ2v) is 13.7. The van der Waals surface area contributed by atoms with Crippen LogP contribution in [0.3, 0.4) is 0 Å².